The van der Waals surface area contributed by atoms with E-state index < -0.39 is 35.8 Å². The van der Waals surface area contributed by atoms with E-state index >= 15 is 0 Å². The molecule has 0 aliphatic carbocycles. The molecule has 34 heavy (non-hydrogen) atoms. The SMILES string of the molecule is CN(CCCOC1CCN(C(=O)O)CC1)c1cccc2c1C(=O)N(C1CCC(=O)NC1=O)C2=O. The van der Waals surface area contributed by atoms with Gasteiger partial charge in [-0.1, -0.05) is 6.07 Å². The maximum atomic E-state index is 13.2. The minimum absolute atomic E-state index is 0.0307. The highest BCUT2D eigenvalue weighted by Gasteiger charge is 2.45. The summed E-state index contributed by atoms with van der Waals surface area (Å²) in [6.45, 7) is 2.00. The minimum atomic E-state index is -0.996. The number of fused-ring (bicyclic) bond motifs is 1. The van der Waals surface area contributed by atoms with Crippen molar-refractivity contribution >= 4 is 35.4 Å². The molecule has 182 valence electrons. The van der Waals surface area contributed by atoms with E-state index in [0.717, 1.165) is 4.90 Å². The lowest BCUT2D eigenvalue weighted by molar-refractivity contribution is -0.136. The van der Waals surface area contributed by atoms with Crippen LogP contribution in [0, 0.1) is 0 Å². The molecule has 5 amide bonds. The lowest BCUT2D eigenvalue weighted by Crippen LogP contribution is -2.54. The van der Waals surface area contributed by atoms with Crippen molar-refractivity contribution in [3.8, 4) is 0 Å². The molecule has 3 aliphatic rings. The van der Waals surface area contributed by atoms with Crippen molar-refractivity contribution in [2.45, 2.75) is 44.2 Å². The largest absolute Gasteiger partial charge is 0.465 e. The Balaban J connectivity index is 1.35. The molecule has 3 aliphatic heterocycles. The fourth-order valence-corrected chi connectivity index (χ4v) is 4.70. The maximum absolute atomic E-state index is 13.2. The summed E-state index contributed by atoms with van der Waals surface area (Å²) in [6.07, 6.45) is 1.33. The van der Waals surface area contributed by atoms with Crippen LogP contribution >= 0.6 is 0 Å². The monoisotopic (exact) mass is 472 g/mol. The number of imide groups is 2. The van der Waals surface area contributed by atoms with Gasteiger partial charge in [-0.05, 0) is 37.8 Å². The summed E-state index contributed by atoms with van der Waals surface area (Å²) in [5.41, 5.74) is 1.11. The number of hydrogen-bond acceptors (Lipinski definition) is 7. The van der Waals surface area contributed by atoms with Crippen molar-refractivity contribution in [3.63, 3.8) is 0 Å². The molecule has 2 saturated heterocycles. The second-order valence-corrected chi connectivity index (χ2v) is 8.76. The first-order chi connectivity index (χ1) is 16.3. The van der Waals surface area contributed by atoms with Crippen LogP contribution in [-0.4, -0.2) is 90.1 Å². The molecule has 4 rings (SSSR count). The van der Waals surface area contributed by atoms with Gasteiger partial charge in [-0.3, -0.25) is 29.4 Å². The predicted octanol–water partition coefficient (Wildman–Crippen LogP) is 1.07. The maximum Gasteiger partial charge on any atom is 0.407 e. The van der Waals surface area contributed by atoms with Crippen LogP contribution in [0.5, 0.6) is 0 Å². The van der Waals surface area contributed by atoms with Gasteiger partial charge in [0.25, 0.3) is 11.8 Å². The van der Waals surface area contributed by atoms with Crippen LogP contribution in [-0.2, 0) is 14.3 Å². The van der Waals surface area contributed by atoms with Gasteiger partial charge in [-0.15, -0.1) is 0 Å². The molecule has 0 aromatic heterocycles. The van der Waals surface area contributed by atoms with Gasteiger partial charge in [0, 0.05) is 39.7 Å². The smallest absolute Gasteiger partial charge is 0.407 e. The van der Waals surface area contributed by atoms with E-state index in [1.807, 2.05) is 11.9 Å². The van der Waals surface area contributed by atoms with Crippen molar-refractivity contribution in [2.24, 2.45) is 0 Å². The normalized spacial score (nSPS) is 21.0. The summed E-state index contributed by atoms with van der Waals surface area (Å²) >= 11 is 0. The van der Waals surface area contributed by atoms with Gasteiger partial charge >= 0.3 is 6.09 Å². The Hall–Kier alpha value is -3.47. The van der Waals surface area contributed by atoms with Gasteiger partial charge in [0.15, 0.2) is 0 Å². The van der Waals surface area contributed by atoms with Gasteiger partial charge in [0.05, 0.1) is 22.9 Å². The second-order valence-electron chi connectivity index (χ2n) is 8.76. The van der Waals surface area contributed by atoms with E-state index in [0.29, 0.717) is 51.2 Å². The molecule has 0 radical (unpaired) electrons. The third-order valence-corrected chi connectivity index (χ3v) is 6.56. The zero-order valence-corrected chi connectivity index (χ0v) is 19.0. The van der Waals surface area contributed by atoms with E-state index in [1.165, 1.54) is 4.90 Å². The highest BCUT2D eigenvalue weighted by molar-refractivity contribution is 6.25. The number of ether oxygens (including phenoxy) is 1. The standard InChI is InChI=1S/C23H28N4O7/c1-25(10-3-13-34-14-8-11-26(12-9-14)23(32)33)16-5-2-4-15-19(16)22(31)27(21(15)30)17-6-7-18(28)24-20(17)29/h2,4-5,14,17H,3,6-13H2,1H3,(H,32,33)(H,24,28,29). The Morgan fingerprint density at radius 2 is 1.88 bits per heavy atom. The lowest BCUT2D eigenvalue weighted by atomic mass is 10.0. The first-order valence-electron chi connectivity index (χ1n) is 11.4. The van der Waals surface area contributed by atoms with Crippen molar-refractivity contribution in [1.29, 1.82) is 0 Å². The summed E-state index contributed by atoms with van der Waals surface area (Å²) in [6, 6.07) is 4.05. The van der Waals surface area contributed by atoms with Gasteiger partial charge in [-0.25, -0.2) is 4.79 Å². The molecule has 1 aromatic rings. The van der Waals surface area contributed by atoms with Gasteiger partial charge in [0.1, 0.15) is 6.04 Å². The first-order valence-corrected chi connectivity index (χ1v) is 11.4. The number of likely N-dealkylation sites (tertiary alicyclic amines) is 1. The average molecular weight is 472 g/mol. The number of benzene rings is 1. The van der Waals surface area contributed by atoms with Gasteiger partial charge in [0.2, 0.25) is 11.8 Å². The quantitative estimate of drug-likeness (QED) is 0.444. The summed E-state index contributed by atoms with van der Waals surface area (Å²) in [7, 11) is 1.83. The van der Waals surface area contributed by atoms with Crippen molar-refractivity contribution in [1.82, 2.24) is 15.1 Å². The van der Waals surface area contributed by atoms with Crippen LogP contribution in [0.15, 0.2) is 18.2 Å². The van der Waals surface area contributed by atoms with E-state index in [4.69, 9.17) is 9.84 Å². The molecule has 0 spiro atoms. The first kappa shape index (κ1) is 23.7. The van der Waals surface area contributed by atoms with E-state index in [2.05, 4.69) is 5.32 Å². The molecular formula is C23H28N4O7. The zero-order valence-electron chi connectivity index (χ0n) is 19.0. The predicted molar refractivity (Wildman–Crippen MR) is 120 cm³/mol. The molecular weight excluding hydrogens is 444 g/mol. The Labute approximate surface area is 196 Å². The van der Waals surface area contributed by atoms with E-state index in [1.54, 1.807) is 18.2 Å². The van der Waals surface area contributed by atoms with E-state index in [9.17, 15) is 24.0 Å². The van der Waals surface area contributed by atoms with Crippen LogP contribution in [0.3, 0.4) is 0 Å². The van der Waals surface area contributed by atoms with Crippen LogP contribution in [0.25, 0.3) is 0 Å². The summed E-state index contributed by atoms with van der Waals surface area (Å²) in [4.78, 5) is 65.2. The Morgan fingerprint density at radius 1 is 1.15 bits per heavy atom. The molecule has 11 nitrogen and oxygen atoms in total. The molecule has 1 atom stereocenters. The number of nitrogens with one attached hydrogen (secondary N) is 1. The molecule has 0 saturated carbocycles. The fraction of sp³-hybridized carbons (Fsp3) is 0.522. The summed E-state index contributed by atoms with van der Waals surface area (Å²) in [5.74, 6) is -2.10. The third-order valence-electron chi connectivity index (χ3n) is 6.56. The lowest BCUT2D eigenvalue weighted by Gasteiger charge is -2.30. The van der Waals surface area contributed by atoms with Crippen molar-refractivity contribution in [3.05, 3.63) is 29.3 Å². The van der Waals surface area contributed by atoms with Crippen LogP contribution in [0.4, 0.5) is 10.5 Å². The molecule has 1 aromatic carbocycles. The Kier molecular flexibility index (Phi) is 6.82. The fourth-order valence-electron chi connectivity index (χ4n) is 4.70. The van der Waals surface area contributed by atoms with E-state index in [-0.39, 0.29) is 30.1 Å². The second kappa shape index (κ2) is 9.80. The number of piperidine rings is 2. The zero-order chi connectivity index (χ0) is 24.4. The van der Waals surface area contributed by atoms with Crippen molar-refractivity contribution in [2.75, 3.05) is 38.2 Å². The van der Waals surface area contributed by atoms with Crippen LogP contribution < -0.4 is 10.2 Å². The topological polar surface area (TPSA) is 137 Å². The average Bonchev–Trinajstić information content (AvgIpc) is 3.07. The molecule has 2 N–H and O–H groups in total. The number of hydrogen-bond donors (Lipinski definition) is 2. The van der Waals surface area contributed by atoms with Crippen molar-refractivity contribution < 1.29 is 33.8 Å². The summed E-state index contributed by atoms with van der Waals surface area (Å²) in [5, 5.41) is 11.2. The molecule has 1 unspecified atom stereocenters. The number of rotatable bonds is 7. The number of carbonyl (C=O) groups is 5. The van der Waals surface area contributed by atoms with Crippen LogP contribution in [0.2, 0.25) is 0 Å². The van der Waals surface area contributed by atoms with Crippen LogP contribution in [0.1, 0.15) is 52.8 Å². The minimum Gasteiger partial charge on any atom is -0.465 e. The molecule has 0 bridgehead atoms. The number of carbonyl (C=O) groups excluding carboxylic acids is 4. The van der Waals surface area contributed by atoms with Gasteiger partial charge in [-0.2, -0.15) is 0 Å². The number of nitrogens with zero attached hydrogens (tertiary/aromatic N) is 3. The highest BCUT2D eigenvalue weighted by Crippen LogP contribution is 2.33. The Morgan fingerprint density at radius 3 is 2.56 bits per heavy atom. The molecule has 2 fully saturated rings. The number of amides is 5. The molecule has 11 heteroatoms. The highest BCUT2D eigenvalue weighted by atomic mass is 16.5. The molecule has 3 heterocycles. The van der Waals surface area contributed by atoms with Gasteiger partial charge < -0.3 is 19.6 Å². The number of carboxylic acid groups (broad SMARTS) is 1. The third kappa shape index (κ3) is 4.60. The number of anilines is 1. The Bertz CT molecular complexity index is 1020. The summed E-state index contributed by atoms with van der Waals surface area (Å²) < 4.78 is 5.90.